The highest BCUT2D eigenvalue weighted by molar-refractivity contribution is 5.78. The maximum atomic E-state index is 12.0. The Kier molecular flexibility index (Phi) is 5.87. The van der Waals surface area contributed by atoms with Crippen molar-refractivity contribution in [2.45, 2.75) is 46.6 Å². The van der Waals surface area contributed by atoms with Crippen molar-refractivity contribution in [2.75, 3.05) is 7.11 Å². The van der Waals surface area contributed by atoms with Crippen LogP contribution in [0.25, 0.3) is 0 Å². The van der Waals surface area contributed by atoms with Gasteiger partial charge in [-0.05, 0) is 26.3 Å². The Labute approximate surface area is 116 Å². The van der Waals surface area contributed by atoms with Crippen LogP contribution in [-0.2, 0) is 4.79 Å². The second-order valence-electron chi connectivity index (χ2n) is 5.17. The van der Waals surface area contributed by atoms with E-state index in [-0.39, 0.29) is 17.9 Å². The van der Waals surface area contributed by atoms with Crippen molar-refractivity contribution in [3.8, 4) is 5.75 Å². The fourth-order valence-electron chi connectivity index (χ4n) is 2.19. The fourth-order valence-corrected chi connectivity index (χ4v) is 2.19. The smallest absolute Gasteiger partial charge is 0.223 e. The minimum atomic E-state index is -0.0401. The van der Waals surface area contributed by atoms with E-state index in [9.17, 15) is 4.79 Å². The van der Waals surface area contributed by atoms with Gasteiger partial charge in [-0.2, -0.15) is 0 Å². The number of benzene rings is 1. The Hall–Kier alpha value is -1.51. The lowest BCUT2D eigenvalue weighted by Gasteiger charge is -2.20. The van der Waals surface area contributed by atoms with E-state index >= 15 is 0 Å². The summed E-state index contributed by atoms with van der Waals surface area (Å²) in [6.45, 7) is 8.10. The second kappa shape index (κ2) is 7.17. The first-order chi connectivity index (χ1) is 8.99. The number of amides is 1. The molecule has 3 heteroatoms. The zero-order chi connectivity index (χ0) is 14.4. The number of methoxy groups -OCH3 is 1. The van der Waals surface area contributed by atoms with Crippen molar-refractivity contribution in [2.24, 2.45) is 5.92 Å². The summed E-state index contributed by atoms with van der Waals surface area (Å²) in [5.74, 6) is 0.989. The van der Waals surface area contributed by atoms with Gasteiger partial charge >= 0.3 is 0 Å². The summed E-state index contributed by atoms with van der Waals surface area (Å²) in [5, 5.41) is 3.06. The third kappa shape index (κ3) is 4.27. The Morgan fingerprint density at radius 3 is 2.63 bits per heavy atom. The predicted octanol–water partition coefficient (Wildman–Crippen LogP) is 3.62. The lowest BCUT2D eigenvalue weighted by Crippen LogP contribution is -2.31. The maximum Gasteiger partial charge on any atom is 0.223 e. The zero-order valence-electron chi connectivity index (χ0n) is 12.6. The quantitative estimate of drug-likeness (QED) is 0.851. The van der Waals surface area contributed by atoms with Gasteiger partial charge in [-0.1, -0.05) is 38.0 Å². The Balaban J connectivity index is 2.80. The lowest BCUT2D eigenvalue weighted by molar-refractivity contribution is -0.125. The van der Waals surface area contributed by atoms with E-state index in [2.05, 4.69) is 18.3 Å². The molecule has 3 nitrogen and oxygen atoms in total. The van der Waals surface area contributed by atoms with E-state index in [1.54, 1.807) is 7.11 Å². The van der Waals surface area contributed by atoms with Gasteiger partial charge in [0.15, 0.2) is 0 Å². The van der Waals surface area contributed by atoms with Crippen LogP contribution < -0.4 is 10.1 Å². The molecule has 2 atom stereocenters. The van der Waals surface area contributed by atoms with E-state index in [4.69, 9.17) is 4.74 Å². The maximum absolute atomic E-state index is 12.0. The Morgan fingerprint density at radius 2 is 2.05 bits per heavy atom. The van der Waals surface area contributed by atoms with Gasteiger partial charge in [-0.3, -0.25) is 4.79 Å². The molecule has 1 aromatic carbocycles. The minimum absolute atomic E-state index is 0.0401. The Bertz CT molecular complexity index is 429. The molecule has 0 aliphatic rings. The number of hydrogen-bond donors (Lipinski definition) is 1. The largest absolute Gasteiger partial charge is 0.496 e. The molecule has 0 spiro atoms. The van der Waals surface area contributed by atoms with Gasteiger partial charge in [0.05, 0.1) is 13.2 Å². The minimum Gasteiger partial charge on any atom is -0.496 e. The molecule has 0 bridgehead atoms. The molecule has 0 aliphatic carbocycles. The van der Waals surface area contributed by atoms with Gasteiger partial charge in [-0.25, -0.2) is 0 Å². The van der Waals surface area contributed by atoms with Crippen LogP contribution in [0.15, 0.2) is 18.2 Å². The predicted molar refractivity (Wildman–Crippen MR) is 78.4 cm³/mol. The molecule has 0 saturated carbocycles. The summed E-state index contributed by atoms with van der Waals surface area (Å²) in [4.78, 5) is 12.0. The summed E-state index contributed by atoms with van der Waals surface area (Å²) in [6.07, 6.45) is 1.94. The summed E-state index contributed by atoms with van der Waals surface area (Å²) in [7, 11) is 1.66. The first-order valence-corrected chi connectivity index (χ1v) is 6.94. The molecule has 0 aromatic heterocycles. The van der Waals surface area contributed by atoms with Gasteiger partial charge in [0.1, 0.15) is 5.75 Å². The van der Waals surface area contributed by atoms with Gasteiger partial charge in [0.25, 0.3) is 0 Å². The summed E-state index contributed by atoms with van der Waals surface area (Å²) in [6, 6.07) is 5.98. The van der Waals surface area contributed by atoms with Crippen LogP contribution >= 0.6 is 0 Å². The average molecular weight is 263 g/mol. The van der Waals surface area contributed by atoms with E-state index in [0.29, 0.717) is 0 Å². The van der Waals surface area contributed by atoms with Crippen molar-refractivity contribution in [3.05, 3.63) is 29.3 Å². The first-order valence-electron chi connectivity index (χ1n) is 6.94. The van der Waals surface area contributed by atoms with Gasteiger partial charge in [0, 0.05) is 11.5 Å². The Morgan fingerprint density at radius 1 is 1.37 bits per heavy atom. The molecule has 2 unspecified atom stereocenters. The molecular weight excluding hydrogens is 238 g/mol. The summed E-state index contributed by atoms with van der Waals surface area (Å²) >= 11 is 0. The van der Waals surface area contributed by atoms with E-state index in [1.165, 1.54) is 5.56 Å². The van der Waals surface area contributed by atoms with Crippen LogP contribution in [0, 0.1) is 12.8 Å². The van der Waals surface area contributed by atoms with Crippen molar-refractivity contribution in [1.29, 1.82) is 0 Å². The topological polar surface area (TPSA) is 38.3 Å². The molecule has 1 amide bonds. The summed E-state index contributed by atoms with van der Waals surface area (Å²) in [5.41, 5.74) is 2.19. The molecular formula is C16H25NO2. The number of carbonyl (C=O) groups excluding carboxylic acids is 1. The molecule has 106 valence electrons. The van der Waals surface area contributed by atoms with Crippen molar-refractivity contribution in [3.63, 3.8) is 0 Å². The lowest BCUT2D eigenvalue weighted by atomic mass is 10.0. The van der Waals surface area contributed by atoms with Crippen molar-refractivity contribution < 1.29 is 9.53 Å². The zero-order valence-corrected chi connectivity index (χ0v) is 12.6. The molecule has 1 rings (SSSR count). The van der Waals surface area contributed by atoms with E-state index in [1.807, 2.05) is 32.9 Å². The SMILES string of the molecule is CCCC(C)C(=O)NC(C)c1cc(C)ccc1OC. The highest BCUT2D eigenvalue weighted by atomic mass is 16.5. The number of aryl methyl sites for hydroxylation is 1. The third-order valence-electron chi connectivity index (χ3n) is 3.38. The fraction of sp³-hybridized carbons (Fsp3) is 0.562. The van der Waals surface area contributed by atoms with Gasteiger partial charge in [-0.15, -0.1) is 0 Å². The van der Waals surface area contributed by atoms with Crippen LogP contribution in [0.2, 0.25) is 0 Å². The number of rotatable bonds is 6. The van der Waals surface area contributed by atoms with Crippen LogP contribution in [0.5, 0.6) is 5.75 Å². The van der Waals surface area contributed by atoms with Crippen LogP contribution in [0.1, 0.15) is 50.8 Å². The van der Waals surface area contributed by atoms with Gasteiger partial charge < -0.3 is 10.1 Å². The number of nitrogens with one attached hydrogen (secondary N) is 1. The van der Waals surface area contributed by atoms with Crippen LogP contribution in [-0.4, -0.2) is 13.0 Å². The summed E-state index contributed by atoms with van der Waals surface area (Å²) < 4.78 is 5.36. The number of carbonyl (C=O) groups is 1. The molecule has 0 saturated heterocycles. The number of ether oxygens (including phenoxy) is 1. The number of hydrogen-bond acceptors (Lipinski definition) is 2. The average Bonchev–Trinajstić information content (AvgIpc) is 2.38. The van der Waals surface area contributed by atoms with E-state index < -0.39 is 0 Å². The van der Waals surface area contributed by atoms with Crippen molar-refractivity contribution >= 4 is 5.91 Å². The van der Waals surface area contributed by atoms with Crippen molar-refractivity contribution in [1.82, 2.24) is 5.32 Å². The molecule has 1 aromatic rings. The highest BCUT2D eigenvalue weighted by Gasteiger charge is 2.17. The first kappa shape index (κ1) is 15.5. The second-order valence-corrected chi connectivity index (χ2v) is 5.17. The molecule has 19 heavy (non-hydrogen) atoms. The normalized spacial score (nSPS) is 13.7. The third-order valence-corrected chi connectivity index (χ3v) is 3.38. The standard InChI is InChI=1S/C16H25NO2/c1-6-7-12(3)16(18)17-13(4)14-10-11(2)8-9-15(14)19-5/h8-10,12-13H,6-7H2,1-5H3,(H,17,18). The highest BCUT2D eigenvalue weighted by Crippen LogP contribution is 2.26. The van der Waals surface area contributed by atoms with Crippen LogP contribution in [0.3, 0.4) is 0 Å². The van der Waals surface area contributed by atoms with Crippen LogP contribution in [0.4, 0.5) is 0 Å². The van der Waals surface area contributed by atoms with E-state index in [0.717, 1.165) is 24.2 Å². The molecule has 0 aliphatic heterocycles. The molecule has 0 fully saturated rings. The van der Waals surface area contributed by atoms with Gasteiger partial charge in [0.2, 0.25) is 5.91 Å². The molecule has 0 heterocycles. The molecule has 0 radical (unpaired) electrons. The molecule has 1 N–H and O–H groups in total. The monoisotopic (exact) mass is 263 g/mol.